The molecule has 1 heterocycles. The number of rotatable bonds is 10. The van der Waals surface area contributed by atoms with Crippen LogP contribution in [0, 0.1) is 0 Å². The number of ketones is 1. The molecule has 1 fully saturated rings. The maximum absolute atomic E-state index is 13.2. The van der Waals surface area contributed by atoms with E-state index in [1.807, 2.05) is 24.3 Å². The predicted molar refractivity (Wildman–Crippen MR) is 132 cm³/mol. The summed E-state index contributed by atoms with van der Waals surface area (Å²) in [6.45, 7) is 8.92. The molecule has 0 spiro atoms. The molecule has 7 heteroatoms. The zero-order valence-corrected chi connectivity index (χ0v) is 20.6. The molecule has 0 radical (unpaired) electrons. The van der Waals surface area contributed by atoms with Crippen LogP contribution >= 0.6 is 0 Å². The molecule has 1 aliphatic rings. The van der Waals surface area contributed by atoms with Gasteiger partial charge >= 0.3 is 0 Å². The van der Waals surface area contributed by atoms with Crippen LogP contribution in [0.1, 0.15) is 43.5 Å². The minimum atomic E-state index is -0.684. The van der Waals surface area contributed by atoms with Crippen LogP contribution in [0.2, 0.25) is 0 Å². The molecule has 0 aliphatic carbocycles. The van der Waals surface area contributed by atoms with E-state index >= 15 is 0 Å². The third-order valence-electron chi connectivity index (χ3n) is 6.45. The lowest BCUT2D eigenvalue weighted by Gasteiger charge is -2.28. The second kappa shape index (κ2) is 11.2. The highest BCUT2D eigenvalue weighted by Crippen LogP contribution is 2.40. The third kappa shape index (κ3) is 4.94. The first-order valence-corrected chi connectivity index (χ1v) is 11.7. The van der Waals surface area contributed by atoms with Crippen molar-refractivity contribution in [2.24, 2.45) is 0 Å². The Balaban J connectivity index is 2.12. The van der Waals surface area contributed by atoms with E-state index in [0.717, 1.165) is 30.6 Å². The van der Waals surface area contributed by atoms with Crippen LogP contribution in [-0.2, 0) is 16.0 Å². The van der Waals surface area contributed by atoms with Crippen molar-refractivity contribution in [3.63, 3.8) is 0 Å². The number of benzene rings is 2. The maximum Gasteiger partial charge on any atom is 0.295 e. The topological polar surface area (TPSA) is 79.3 Å². The zero-order chi connectivity index (χ0) is 24.8. The van der Waals surface area contributed by atoms with Crippen LogP contribution in [0.3, 0.4) is 0 Å². The van der Waals surface area contributed by atoms with Crippen molar-refractivity contribution in [1.29, 1.82) is 0 Å². The Morgan fingerprint density at radius 2 is 1.62 bits per heavy atom. The van der Waals surface area contributed by atoms with E-state index in [2.05, 4.69) is 25.7 Å². The van der Waals surface area contributed by atoms with Crippen LogP contribution in [0.4, 0.5) is 0 Å². The number of hydrogen-bond acceptors (Lipinski definition) is 6. The van der Waals surface area contributed by atoms with Crippen LogP contribution < -0.4 is 9.47 Å². The number of likely N-dealkylation sites (tertiary alicyclic amines) is 1. The van der Waals surface area contributed by atoms with E-state index in [0.29, 0.717) is 30.2 Å². The van der Waals surface area contributed by atoms with E-state index in [1.165, 1.54) is 14.2 Å². The standard InChI is InChI=1S/C27H34N2O5/c1-6-18-9-11-19(12-10-18)24-23(25(30)20-13-14-21(33-4)22(17-20)34-5)26(31)27(32)29(24)16-15-28(7-2)8-3/h9-14,17,24,30H,6-8,15-16H2,1-5H3. The van der Waals surface area contributed by atoms with Crippen LogP contribution in [0.15, 0.2) is 48.0 Å². The summed E-state index contributed by atoms with van der Waals surface area (Å²) in [5, 5.41) is 11.3. The fourth-order valence-corrected chi connectivity index (χ4v) is 4.32. The van der Waals surface area contributed by atoms with Crippen molar-refractivity contribution >= 4 is 17.4 Å². The van der Waals surface area contributed by atoms with Gasteiger partial charge in [0, 0.05) is 18.7 Å². The SMILES string of the molecule is CCc1ccc(C2C(=C(O)c3ccc(OC)c(OC)c3)C(=O)C(=O)N2CCN(CC)CC)cc1. The van der Waals surface area contributed by atoms with Gasteiger partial charge in [-0.2, -0.15) is 0 Å². The van der Waals surface area contributed by atoms with Gasteiger partial charge in [0.15, 0.2) is 11.5 Å². The normalized spacial score (nSPS) is 17.5. The van der Waals surface area contributed by atoms with E-state index in [1.54, 1.807) is 23.1 Å². The first kappa shape index (κ1) is 25.3. The predicted octanol–water partition coefficient (Wildman–Crippen LogP) is 4.03. The molecule has 1 saturated heterocycles. The molecule has 1 amide bonds. The van der Waals surface area contributed by atoms with E-state index in [-0.39, 0.29) is 11.3 Å². The lowest BCUT2D eigenvalue weighted by molar-refractivity contribution is -0.140. The summed E-state index contributed by atoms with van der Waals surface area (Å²) in [6.07, 6.45) is 0.883. The molecule has 7 nitrogen and oxygen atoms in total. The molecule has 0 bridgehead atoms. The number of Topliss-reactive ketones (excluding diaryl/α,β-unsaturated/α-hetero) is 1. The lowest BCUT2D eigenvalue weighted by Crippen LogP contribution is -2.38. The first-order valence-electron chi connectivity index (χ1n) is 11.7. The van der Waals surface area contributed by atoms with Crippen molar-refractivity contribution in [1.82, 2.24) is 9.80 Å². The van der Waals surface area contributed by atoms with E-state index in [9.17, 15) is 14.7 Å². The van der Waals surface area contributed by atoms with Crippen molar-refractivity contribution in [3.8, 4) is 11.5 Å². The van der Waals surface area contributed by atoms with Crippen LogP contribution in [0.5, 0.6) is 11.5 Å². The lowest BCUT2D eigenvalue weighted by atomic mass is 9.94. The number of carbonyl (C=O) groups is 2. The number of ether oxygens (including phenoxy) is 2. The summed E-state index contributed by atoms with van der Waals surface area (Å²) in [6, 6.07) is 12.1. The molecule has 1 aliphatic heterocycles. The summed E-state index contributed by atoms with van der Waals surface area (Å²) in [4.78, 5) is 30.1. The molecule has 3 rings (SSSR count). The Morgan fingerprint density at radius 1 is 0.971 bits per heavy atom. The molecule has 1 N–H and O–H groups in total. The van der Waals surface area contributed by atoms with Gasteiger partial charge in [-0.15, -0.1) is 0 Å². The highest BCUT2D eigenvalue weighted by atomic mass is 16.5. The number of carbonyl (C=O) groups excluding carboxylic acids is 2. The Morgan fingerprint density at radius 3 is 2.18 bits per heavy atom. The molecule has 1 atom stereocenters. The van der Waals surface area contributed by atoms with E-state index < -0.39 is 17.7 Å². The molecule has 2 aromatic carbocycles. The zero-order valence-electron chi connectivity index (χ0n) is 20.6. The van der Waals surface area contributed by atoms with Gasteiger partial charge in [0.25, 0.3) is 11.7 Å². The van der Waals surface area contributed by atoms with Gasteiger partial charge in [0.05, 0.1) is 25.8 Å². The van der Waals surface area contributed by atoms with E-state index in [4.69, 9.17) is 9.47 Å². The average Bonchev–Trinajstić information content (AvgIpc) is 3.13. The number of aryl methyl sites for hydroxylation is 1. The summed E-state index contributed by atoms with van der Waals surface area (Å²) >= 11 is 0. The Labute approximate surface area is 201 Å². The number of aliphatic hydroxyl groups excluding tert-OH is 1. The monoisotopic (exact) mass is 466 g/mol. The molecule has 0 saturated carbocycles. The van der Waals surface area contributed by atoms with Gasteiger partial charge in [-0.05, 0) is 48.8 Å². The number of methoxy groups -OCH3 is 2. The highest BCUT2D eigenvalue weighted by Gasteiger charge is 2.46. The molecular weight excluding hydrogens is 432 g/mol. The quantitative estimate of drug-likeness (QED) is 0.324. The molecular formula is C27H34N2O5. The number of amides is 1. The number of hydrogen-bond donors (Lipinski definition) is 1. The fraction of sp³-hybridized carbons (Fsp3) is 0.407. The Kier molecular flexibility index (Phi) is 8.34. The van der Waals surface area contributed by atoms with Crippen molar-refractivity contribution in [2.45, 2.75) is 33.2 Å². The fourth-order valence-electron chi connectivity index (χ4n) is 4.32. The average molecular weight is 467 g/mol. The second-order valence-electron chi connectivity index (χ2n) is 8.18. The number of nitrogens with zero attached hydrogens (tertiary/aromatic N) is 2. The number of aliphatic hydroxyl groups is 1. The first-order chi connectivity index (χ1) is 16.4. The van der Waals surface area contributed by atoms with Gasteiger partial charge in [-0.3, -0.25) is 9.59 Å². The largest absolute Gasteiger partial charge is 0.507 e. The van der Waals surface area contributed by atoms with Crippen molar-refractivity contribution in [2.75, 3.05) is 40.4 Å². The third-order valence-corrected chi connectivity index (χ3v) is 6.45. The van der Waals surface area contributed by atoms with Crippen LogP contribution in [0.25, 0.3) is 5.76 Å². The van der Waals surface area contributed by atoms with Crippen molar-refractivity contribution in [3.05, 3.63) is 64.7 Å². The highest BCUT2D eigenvalue weighted by molar-refractivity contribution is 6.46. The van der Waals surface area contributed by atoms with Gasteiger partial charge in [-0.1, -0.05) is 45.0 Å². The minimum absolute atomic E-state index is 0.0843. The van der Waals surface area contributed by atoms with Gasteiger partial charge in [0.1, 0.15) is 5.76 Å². The Hall–Kier alpha value is -3.32. The molecule has 0 aromatic heterocycles. The maximum atomic E-state index is 13.2. The Bertz CT molecular complexity index is 1060. The molecule has 2 aromatic rings. The van der Waals surface area contributed by atoms with Crippen molar-refractivity contribution < 1.29 is 24.2 Å². The molecule has 182 valence electrons. The van der Waals surface area contributed by atoms with Crippen LogP contribution in [-0.4, -0.2) is 67.0 Å². The van der Waals surface area contributed by atoms with Gasteiger partial charge in [-0.25, -0.2) is 0 Å². The van der Waals surface area contributed by atoms with Gasteiger partial charge in [0.2, 0.25) is 0 Å². The summed E-state index contributed by atoms with van der Waals surface area (Å²) in [7, 11) is 3.03. The number of likely N-dealkylation sites (N-methyl/N-ethyl adjacent to an activating group) is 1. The minimum Gasteiger partial charge on any atom is -0.507 e. The second-order valence-corrected chi connectivity index (χ2v) is 8.18. The summed E-state index contributed by atoms with van der Waals surface area (Å²) in [5.74, 6) is -0.582. The summed E-state index contributed by atoms with van der Waals surface area (Å²) in [5.41, 5.74) is 2.41. The smallest absolute Gasteiger partial charge is 0.295 e. The molecule has 34 heavy (non-hydrogen) atoms. The summed E-state index contributed by atoms with van der Waals surface area (Å²) < 4.78 is 10.6. The molecule has 1 unspecified atom stereocenters. The van der Waals surface area contributed by atoms with Gasteiger partial charge < -0.3 is 24.4 Å².